The Bertz CT molecular complexity index is 1810. The van der Waals surface area contributed by atoms with Gasteiger partial charge in [-0.2, -0.15) is 0 Å². The van der Waals surface area contributed by atoms with Crippen LogP contribution in [0.5, 0.6) is 0 Å². The SMILES string of the molecule is Cc1coc2cc3oc(=O)c(CCC(=O)NCCC(=O)NC(Cc4c[nH]c5ccccc45)C(=O)O)c(C)c3cc12. The highest BCUT2D eigenvalue weighted by molar-refractivity contribution is 5.96. The number of aromatic nitrogens is 1. The lowest BCUT2D eigenvalue weighted by Crippen LogP contribution is -2.43. The molecule has 0 spiro atoms. The molecule has 0 aliphatic rings. The Morgan fingerprint density at radius 3 is 2.60 bits per heavy atom. The summed E-state index contributed by atoms with van der Waals surface area (Å²) >= 11 is 0. The number of carboxylic acid groups (broad SMARTS) is 1. The van der Waals surface area contributed by atoms with Crippen molar-refractivity contribution in [3.8, 4) is 0 Å². The molecule has 206 valence electrons. The average Bonchev–Trinajstić information content (AvgIpc) is 3.50. The second-order valence-electron chi connectivity index (χ2n) is 9.88. The van der Waals surface area contributed by atoms with E-state index in [1.165, 1.54) is 0 Å². The highest BCUT2D eigenvalue weighted by Gasteiger charge is 2.22. The molecule has 3 aromatic heterocycles. The molecule has 0 aliphatic heterocycles. The molecule has 3 heterocycles. The Morgan fingerprint density at radius 2 is 1.80 bits per heavy atom. The number of para-hydroxylation sites is 1. The number of carbonyl (C=O) groups is 3. The van der Waals surface area contributed by atoms with E-state index in [0.717, 1.165) is 38.4 Å². The summed E-state index contributed by atoms with van der Waals surface area (Å²) in [7, 11) is 0. The number of rotatable bonds is 10. The summed E-state index contributed by atoms with van der Waals surface area (Å²) in [5, 5.41) is 17.4. The number of H-pyrrole nitrogens is 1. The first-order chi connectivity index (χ1) is 19.2. The zero-order valence-corrected chi connectivity index (χ0v) is 22.1. The Morgan fingerprint density at radius 1 is 1.00 bits per heavy atom. The third-order valence-corrected chi connectivity index (χ3v) is 7.18. The number of fused-ring (bicyclic) bond motifs is 3. The van der Waals surface area contributed by atoms with E-state index in [4.69, 9.17) is 8.83 Å². The molecule has 10 nitrogen and oxygen atoms in total. The number of amides is 2. The number of aryl methyl sites for hydroxylation is 2. The molecular weight excluding hydrogens is 514 g/mol. The van der Waals surface area contributed by atoms with Crippen molar-refractivity contribution in [2.45, 2.75) is 45.6 Å². The fourth-order valence-corrected chi connectivity index (χ4v) is 4.96. The van der Waals surface area contributed by atoms with Gasteiger partial charge in [0, 0.05) is 65.3 Å². The number of benzene rings is 2. The molecule has 5 aromatic rings. The van der Waals surface area contributed by atoms with Crippen molar-refractivity contribution in [2.75, 3.05) is 6.54 Å². The number of nitrogens with one attached hydrogen (secondary N) is 3. The lowest BCUT2D eigenvalue weighted by atomic mass is 10.0. The second-order valence-corrected chi connectivity index (χ2v) is 9.88. The molecule has 0 fully saturated rings. The van der Waals surface area contributed by atoms with E-state index in [9.17, 15) is 24.3 Å². The van der Waals surface area contributed by atoms with E-state index in [2.05, 4.69) is 15.6 Å². The van der Waals surface area contributed by atoms with E-state index in [-0.39, 0.29) is 38.1 Å². The van der Waals surface area contributed by atoms with Crippen molar-refractivity contribution >= 4 is 50.6 Å². The van der Waals surface area contributed by atoms with E-state index in [1.807, 2.05) is 44.2 Å². The van der Waals surface area contributed by atoms with Gasteiger partial charge in [-0.25, -0.2) is 9.59 Å². The lowest BCUT2D eigenvalue weighted by molar-refractivity contribution is -0.141. The molecule has 1 unspecified atom stereocenters. The quantitative estimate of drug-likeness (QED) is 0.195. The Labute approximate surface area is 228 Å². The van der Waals surface area contributed by atoms with Crippen molar-refractivity contribution in [3.63, 3.8) is 0 Å². The zero-order chi connectivity index (χ0) is 28.4. The van der Waals surface area contributed by atoms with E-state index in [1.54, 1.807) is 18.5 Å². The summed E-state index contributed by atoms with van der Waals surface area (Å²) in [6.07, 6.45) is 3.63. The number of hydrogen-bond acceptors (Lipinski definition) is 6. The van der Waals surface area contributed by atoms with Gasteiger partial charge in [-0.05, 0) is 49.1 Å². The summed E-state index contributed by atoms with van der Waals surface area (Å²) in [6.45, 7) is 3.80. The molecular formula is C30H29N3O7. The monoisotopic (exact) mass is 543 g/mol. The normalized spacial score (nSPS) is 12.2. The standard InChI is InChI=1S/C30H29N3O7/c1-16-15-39-25-13-26-22(12-21(16)25)17(2)19(30(38)40-26)7-8-27(34)31-10-9-28(35)33-24(29(36)37)11-18-14-32-23-6-4-3-5-20(18)23/h3-6,12-15,24,32H,7-11H2,1-2H3,(H,31,34)(H,33,35)(H,36,37). The predicted molar refractivity (Wildman–Crippen MR) is 149 cm³/mol. The first-order valence-electron chi connectivity index (χ1n) is 13.0. The topological polar surface area (TPSA) is 155 Å². The minimum absolute atomic E-state index is 0.0318. The van der Waals surface area contributed by atoms with Crippen LogP contribution in [-0.4, -0.2) is 40.5 Å². The Balaban J connectivity index is 1.14. The summed E-state index contributed by atoms with van der Waals surface area (Å²) in [4.78, 5) is 52.4. The average molecular weight is 544 g/mol. The maximum atomic E-state index is 12.6. The summed E-state index contributed by atoms with van der Waals surface area (Å²) < 4.78 is 11.0. The molecule has 4 N–H and O–H groups in total. The first kappa shape index (κ1) is 26.7. The maximum Gasteiger partial charge on any atom is 0.339 e. The highest BCUT2D eigenvalue weighted by atomic mass is 16.4. The van der Waals surface area contributed by atoms with Gasteiger partial charge < -0.3 is 29.6 Å². The smallest absolute Gasteiger partial charge is 0.339 e. The van der Waals surface area contributed by atoms with Crippen LogP contribution in [0.4, 0.5) is 0 Å². The molecule has 40 heavy (non-hydrogen) atoms. The second kappa shape index (κ2) is 11.1. The number of carboxylic acids is 1. The van der Waals surface area contributed by atoms with Crippen molar-refractivity contribution in [3.05, 3.63) is 81.5 Å². The molecule has 0 bridgehead atoms. The van der Waals surface area contributed by atoms with Gasteiger partial charge in [-0.3, -0.25) is 9.59 Å². The van der Waals surface area contributed by atoms with Gasteiger partial charge in [0.25, 0.3) is 0 Å². The third-order valence-electron chi connectivity index (χ3n) is 7.18. The summed E-state index contributed by atoms with van der Waals surface area (Å²) in [5.74, 6) is -1.96. The van der Waals surface area contributed by atoms with Crippen molar-refractivity contribution < 1.29 is 28.3 Å². The molecule has 0 aliphatic carbocycles. The molecule has 1 atom stereocenters. The van der Waals surface area contributed by atoms with Crippen LogP contribution < -0.4 is 16.3 Å². The van der Waals surface area contributed by atoms with Gasteiger partial charge in [-0.1, -0.05) is 18.2 Å². The Hall–Kier alpha value is -4.86. The van der Waals surface area contributed by atoms with Gasteiger partial charge in [0.2, 0.25) is 11.8 Å². The molecule has 10 heteroatoms. The lowest BCUT2D eigenvalue weighted by Gasteiger charge is -2.14. The van der Waals surface area contributed by atoms with Crippen molar-refractivity contribution in [1.82, 2.24) is 15.6 Å². The summed E-state index contributed by atoms with van der Waals surface area (Å²) in [5.41, 5.74) is 4.37. The van der Waals surface area contributed by atoms with Crippen LogP contribution in [0.1, 0.15) is 35.1 Å². The molecule has 0 saturated heterocycles. The van der Waals surface area contributed by atoms with Gasteiger partial charge in [0.15, 0.2) is 0 Å². The van der Waals surface area contributed by atoms with Gasteiger partial charge in [-0.15, -0.1) is 0 Å². The fourth-order valence-electron chi connectivity index (χ4n) is 4.96. The first-order valence-corrected chi connectivity index (χ1v) is 13.0. The zero-order valence-electron chi connectivity index (χ0n) is 22.1. The van der Waals surface area contributed by atoms with Gasteiger partial charge >= 0.3 is 11.6 Å². The highest BCUT2D eigenvalue weighted by Crippen LogP contribution is 2.29. The van der Waals surface area contributed by atoms with Crippen molar-refractivity contribution in [2.24, 2.45) is 0 Å². The van der Waals surface area contributed by atoms with Crippen LogP contribution in [0, 0.1) is 13.8 Å². The predicted octanol–water partition coefficient (Wildman–Crippen LogP) is 3.89. The minimum atomic E-state index is -1.14. The van der Waals surface area contributed by atoms with Gasteiger partial charge in [0.05, 0.1) is 6.26 Å². The van der Waals surface area contributed by atoms with Crippen LogP contribution >= 0.6 is 0 Å². The number of furan rings is 1. The number of hydrogen-bond donors (Lipinski definition) is 4. The van der Waals surface area contributed by atoms with Crippen LogP contribution in [0.15, 0.2) is 62.5 Å². The fraction of sp³-hybridized carbons (Fsp3) is 0.267. The van der Waals surface area contributed by atoms with Gasteiger partial charge in [0.1, 0.15) is 17.2 Å². The molecule has 0 radical (unpaired) electrons. The molecule has 2 aromatic carbocycles. The minimum Gasteiger partial charge on any atom is -0.480 e. The van der Waals surface area contributed by atoms with Crippen LogP contribution in [0.2, 0.25) is 0 Å². The van der Waals surface area contributed by atoms with Crippen LogP contribution in [0.25, 0.3) is 32.8 Å². The molecule has 0 saturated carbocycles. The molecule has 2 amide bonds. The Kier molecular flexibility index (Phi) is 7.41. The van der Waals surface area contributed by atoms with E-state index >= 15 is 0 Å². The van der Waals surface area contributed by atoms with Crippen LogP contribution in [0.3, 0.4) is 0 Å². The maximum absolute atomic E-state index is 12.6. The number of carbonyl (C=O) groups excluding carboxylic acids is 2. The van der Waals surface area contributed by atoms with Crippen molar-refractivity contribution in [1.29, 1.82) is 0 Å². The van der Waals surface area contributed by atoms with E-state index in [0.29, 0.717) is 16.7 Å². The number of aliphatic carboxylic acids is 1. The largest absolute Gasteiger partial charge is 0.480 e. The third kappa shape index (κ3) is 5.47. The number of aromatic amines is 1. The van der Waals surface area contributed by atoms with E-state index < -0.39 is 23.5 Å². The van der Waals surface area contributed by atoms with Crippen LogP contribution in [-0.2, 0) is 27.2 Å². The summed E-state index contributed by atoms with van der Waals surface area (Å²) in [6, 6.07) is 10.0. The molecule has 5 rings (SSSR count).